The molecule has 0 saturated carbocycles. The number of benzene rings is 1. The second kappa shape index (κ2) is 4.79. The molecule has 1 aromatic heterocycles. The quantitative estimate of drug-likeness (QED) is 0.626. The highest BCUT2D eigenvalue weighted by atomic mass is 32.2. The number of hydrogen-bond donors (Lipinski definition) is 0. The predicted octanol–water partition coefficient (Wildman–Crippen LogP) is 1.19. The van der Waals surface area contributed by atoms with Crippen molar-refractivity contribution >= 4 is 10.1 Å². The van der Waals surface area contributed by atoms with Gasteiger partial charge in [0.15, 0.2) is 5.88 Å². The molecular weight excluding hydrogens is 264 g/mol. The largest absolute Gasteiger partial charge is 0.745 e. The minimum absolute atomic E-state index is 0.552. The number of imidazole rings is 1. The lowest BCUT2D eigenvalue weighted by Gasteiger charge is -2.07. The Morgan fingerprint density at radius 3 is 2.32 bits per heavy atom. The highest BCUT2D eigenvalue weighted by Gasteiger charge is 2.13. The fraction of sp³-hybridized carbons (Fsp3) is 0.308. The number of aromatic nitrogens is 2. The van der Waals surface area contributed by atoms with Crippen LogP contribution in [0.25, 0.3) is 5.69 Å². The minimum Gasteiger partial charge on any atom is -0.745 e. The van der Waals surface area contributed by atoms with Crippen LogP contribution in [-0.2, 0) is 16.0 Å². The monoisotopic (exact) mass is 280 g/mol. The van der Waals surface area contributed by atoms with Gasteiger partial charge in [-0.15, -0.1) is 0 Å². The third-order valence-corrected chi connectivity index (χ3v) is 3.51. The number of hydrogen-bond acceptors (Lipinski definition) is 3. The van der Waals surface area contributed by atoms with E-state index in [0.717, 1.165) is 16.8 Å². The van der Waals surface area contributed by atoms with Crippen molar-refractivity contribution in [1.82, 2.24) is 4.57 Å². The molecule has 102 valence electrons. The van der Waals surface area contributed by atoms with Crippen molar-refractivity contribution in [2.45, 2.75) is 26.6 Å². The predicted molar refractivity (Wildman–Crippen MR) is 69.9 cm³/mol. The van der Waals surface area contributed by atoms with Crippen LogP contribution in [0.15, 0.2) is 30.9 Å². The van der Waals surface area contributed by atoms with Gasteiger partial charge in [0.05, 0.1) is 0 Å². The zero-order valence-corrected chi connectivity index (χ0v) is 11.9. The molecule has 0 radical (unpaired) electrons. The van der Waals surface area contributed by atoms with E-state index >= 15 is 0 Å². The molecule has 0 spiro atoms. The average Bonchev–Trinajstić information content (AvgIpc) is 2.61. The molecule has 2 rings (SSSR count). The summed E-state index contributed by atoms with van der Waals surface area (Å²) in [7, 11) is -4.27. The van der Waals surface area contributed by atoms with E-state index in [2.05, 4.69) is 12.1 Å². The topological polar surface area (TPSA) is 66.0 Å². The van der Waals surface area contributed by atoms with Gasteiger partial charge in [0.2, 0.25) is 6.33 Å². The molecule has 1 aromatic carbocycles. The van der Waals surface area contributed by atoms with Crippen LogP contribution in [0, 0.1) is 20.8 Å². The Balaban J connectivity index is 2.44. The van der Waals surface area contributed by atoms with Crippen molar-refractivity contribution < 1.29 is 17.5 Å². The first-order valence-corrected chi connectivity index (χ1v) is 7.43. The Morgan fingerprint density at radius 2 is 1.79 bits per heavy atom. The summed E-state index contributed by atoms with van der Waals surface area (Å²) in [5, 5.41) is 0. The van der Waals surface area contributed by atoms with Crippen molar-refractivity contribution in [1.29, 1.82) is 0 Å². The highest BCUT2D eigenvalue weighted by molar-refractivity contribution is 7.84. The Morgan fingerprint density at radius 1 is 1.21 bits per heavy atom. The minimum atomic E-state index is -4.27. The van der Waals surface area contributed by atoms with Crippen LogP contribution in [0.2, 0.25) is 0 Å². The molecule has 0 unspecified atom stereocenters. The maximum atomic E-state index is 10.7. The van der Waals surface area contributed by atoms with Crippen molar-refractivity contribution in [3.05, 3.63) is 47.5 Å². The molecule has 0 bridgehead atoms. The molecular formula is C13H16N2O3S. The standard InChI is InChI=1S/C13H16N2O3S/c1-10-6-11(2)13(12(3)7-10)15-5-4-14(8-15)9-19(16,17)18/h4-8H,9H2,1-3H3. The van der Waals surface area contributed by atoms with Crippen molar-refractivity contribution in [2.75, 3.05) is 0 Å². The van der Waals surface area contributed by atoms with E-state index in [0.29, 0.717) is 0 Å². The smallest absolute Gasteiger partial charge is 0.249 e. The molecule has 5 nitrogen and oxygen atoms in total. The van der Waals surface area contributed by atoms with Gasteiger partial charge in [0, 0.05) is 0 Å². The summed E-state index contributed by atoms with van der Waals surface area (Å²) in [5.41, 5.74) is 4.39. The molecule has 1 heterocycles. The maximum absolute atomic E-state index is 10.7. The summed E-state index contributed by atoms with van der Waals surface area (Å²) >= 11 is 0. The van der Waals surface area contributed by atoms with E-state index in [4.69, 9.17) is 0 Å². The number of rotatable bonds is 3. The summed E-state index contributed by atoms with van der Waals surface area (Å²) < 4.78 is 35.4. The molecule has 0 aliphatic heterocycles. The third-order valence-electron chi connectivity index (χ3n) is 2.89. The van der Waals surface area contributed by atoms with Crippen LogP contribution < -0.4 is 4.57 Å². The molecule has 0 saturated heterocycles. The first kappa shape index (κ1) is 13.8. The number of aryl methyl sites for hydroxylation is 3. The van der Waals surface area contributed by atoms with E-state index in [1.165, 1.54) is 10.1 Å². The number of nitrogens with zero attached hydrogens (tertiary/aromatic N) is 2. The van der Waals surface area contributed by atoms with Gasteiger partial charge < -0.3 is 4.55 Å². The maximum Gasteiger partial charge on any atom is 0.249 e. The summed E-state index contributed by atoms with van der Waals surface area (Å²) in [4.78, 5) is 0. The summed E-state index contributed by atoms with van der Waals surface area (Å²) in [6, 6.07) is 4.13. The van der Waals surface area contributed by atoms with Crippen LogP contribution in [0.4, 0.5) is 0 Å². The van der Waals surface area contributed by atoms with Gasteiger partial charge in [-0.3, -0.25) is 0 Å². The molecule has 6 heteroatoms. The lowest BCUT2D eigenvalue weighted by atomic mass is 10.1. The fourth-order valence-corrected chi connectivity index (χ4v) is 2.88. The zero-order valence-electron chi connectivity index (χ0n) is 11.1. The van der Waals surface area contributed by atoms with E-state index in [9.17, 15) is 13.0 Å². The Hall–Kier alpha value is -1.66. The van der Waals surface area contributed by atoms with E-state index < -0.39 is 16.0 Å². The lowest BCUT2D eigenvalue weighted by molar-refractivity contribution is -0.677. The van der Waals surface area contributed by atoms with Gasteiger partial charge in [0.25, 0.3) is 0 Å². The van der Waals surface area contributed by atoms with E-state index in [1.54, 1.807) is 18.7 Å². The van der Waals surface area contributed by atoms with Crippen molar-refractivity contribution in [3.63, 3.8) is 0 Å². The van der Waals surface area contributed by atoms with E-state index in [1.807, 2.05) is 25.3 Å². The molecule has 0 fully saturated rings. The highest BCUT2D eigenvalue weighted by Crippen LogP contribution is 2.20. The Kier molecular flexibility index (Phi) is 3.47. The van der Waals surface area contributed by atoms with Crippen molar-refractivity contribution in [2.24, 2.45) is 0 Å². The van der Waals surface area contributed by atoms with Gasteiger partial charge in [-0.25, -0.2) is 17.6 Å². The molecule has 0 aliphatic rings. The summed E-state index contributed by atoms with van der Waals surface area (Å²) in [5.74, 6) is -0.552. The van der Waals surface area contributed by atoms with Gasteiger partial charge in [-0.1, -0.05) is 17.7 Å². The molecule has 2 aromatic rings. The SMILES string of the molecule is Cc1cc(C)c(-n2cc[n+](CS(=O)(=O)[O-])c2)c(C)c1. The van der Waals surface area contributed by atoms with Crippen LogP contribution in [0.3, 0.4) is 0 Å². The molecule has 0 aliphatic carbocycles. The summed E-state index contributed by atoms with van der Waals surface area (Å²) in [6.45, 7) is 6.04. The van der Waals surface area contributed by atoms with Gasteiger partial charge >= 0.3 is 0 Å². The zero-order chi connectivity index (χ0) is 14.2. The molecule has 0 amide bonds. The Labute approximate surface area is 112 Å². The average molecular weight is 280 g/mol. The second-order valence-corrected chi connectivity index (χ2v) is 6.14. The van der Waals surface area contributed by atoms with Gasteiger partial charge in [0.1, 0.15) is 28.2 Å². The van der Waals surface area contributed by atoms with E-state index in [-0.39, 0.29) is 0 Å². The molecule has 0 atom stereocenters. The van der Waals surface area contributed by atoms with Crippen LogP contribution >= 0.6 is 0 Å². The van der Waals surface area contributed by atoms with Crippen LogP contribution in [-0.4, -0.2) is 17.5 Å². The van der Waals surface area contributed by atoms with Crippen molar-refractivity contribution in [3.8, 4) is 5.69 Å². The molecule has 19 heavy (non-hydrogen) atoms. The lowest BCUT2D eigenvalue weighted by Crippen LogP contribution is -2.35. The van der Waals surface area contributed by atoms with Crippen LogP contribution in [0.5, 0.6) is 0 Å². The van der Waals surface area contributed by atoms with Gasteiger partial charge in [-0.2, -0.15) is 0 Å². The second-order valence-electron chi connectivity index (χ2n) is 4.77. The summed E-state index contributed by atoms with van der Waals surface area (Å²) in [6.07, 6.45) is 4.93. The normalized spacial score (nSPS) is 11.8. The fourth-order valence-electron chi connectivity index (χ4n) is 2.37. The molecule has 0 N–H and O–H groups in total. The van der Waals surface area contributed by atoms with Crippen LogP contribution in [0.1, 0.15) is 16.7 Å². The Bertz CT molecular complexity index is 694. The first-order valence-electron chi connectivity index (χ1n) is 5.85. The third kappa shape index (κ3) is 3.21. The van der Waals surface area contributed by atoms with Gasteiger partial charge in [-0.05, 0) is 31.9 Å². The first-order chi connectivity index (χ1) is 8.76.